The lowest BCUT2D eigenvalue weighted by Gasteiger charge is -2.30. The molecule has 0 aliphatic heterocycles. The third kappa shape index (κ3) is 2.03. The Morgan fingerprint density at radius 3 is 2.20 bits per heavy atom. The maximum absolute atomic E-state index is 2.53. The van der Waals surface area contributed by atoms with E-state index in [9.17, 15) is 0 Å². The second-order valence-electron chi connectivity index (χ2n) is 5.75. The molecule has 1 aliphatic carbocycles. The second kappa shape index (κ2) is 3.78. The fourth-order valence-electron chi connectivity index (χ4n) is 2.71. The van der Waals surface area contributed by atoms with E-state index >= 15 is 0 Å². The van der Waals surface area contributed by atoms with Gasteiger partial charge in [-0.25, -0.2) is 0 Å². The van der Waals surface area contributed by atoms with Gasteiger partial charge < -0.3 is 0 Å². The molecule has 1 aliphatic rings. The van der Waals surface area contributed by atoms with Gasteiger partial charge in [0.15, 0.2) is 0 Å². The summed E-state index contributed by atoms with van der Waals surface area (Å²) in [6.45, 7) is 9.93. The summed E-state index contributed by atoms with van der Waals surface area (Å²) in [4.78, 5) is 0. The molecular weight excluding hydrogens is 196 g/mol. The molecule has 0 unspecified atom stereocenters. The smallest absolute Gasteiger partial charge is 0.0652 e. The maximum Gasteiger partial charge on any atom is 0.0836 e. The molecule has 0 nitrogen and oxygen atoms in total. The van der Waals surface area contributed by atoms with Crippen LogP contribution in [0.2, 0.25) is 18.6 Å². The normalized spacial score (nSPS) is 27.5. The Labute approximate surface area is 94.7 Å². The summed E-state index contributed by atoms with van der Waals surface area (Å²) < 4.78 is 0. The molecule has 1 aromatic carbocycles. The molecule has 3 atom stereocenters. The van der Waals surface area contributed by atoms with Crippen molar-refractivity contribution >= 4 is 13.3 Å². The standard InChI is InChI=1S/C14H22Si/c1-11-10-14(11)12(2)15(3,4)13-8-6-5-7-9-13/h5-9,11-12,14H,10H2,1-4H3/t11-,12+,14+/m1/s1. The number of benzene rings is 1. The minimum Gasteiger partial charge on any atom is -0.0652 e. The van der Waals surface area contributed by atoms with Crippen LogP contribution in [0.1, 0.15) is 20.3 Å². The van der Waals surface area contributed by atoms with E-state index in [2.05, 4.69) is 57.3 Å². The van der Waals surface area contributed by atoms with Crippen LogP contribution in [0.5, 0.6) is 0 Å². The van der Waals surface area contributed by atoms with Gasteiger partial charge in [0.05, 0.1) is 8.07 Å². The molecule has 15 heavy (non-hydrogen) atoms. The van der Waals surface area contributed by atoms with E-state index in [4.69, 9.17) is 0 Å². The van der Waals surface area contributed by atoms with Crippen molar-refractivity contribution in [2.45, 2.75) is 38.9 Å². The molecule has 0 bridgehead atoms. The Hall–Kier alpha value is -0.563. The number of hydrogen-bond acceptors (Lipinski definition) is 0. The Bertz CT molecular complexity index is 328. The molecular formula is C14H22Si. The molecule has 1 heteroatoms. The highest BCUT2D eigenvalue weighted by molar-refractivity contribution is 6.91. The lowest BCUT2D eigenvalue weighted by atomic mass is 10.3. The van der Waals surface area contributed by atoms with Crippen LogP contribution >= 0.6 is 0 Å². The first kappa shape index (κ1) is 10.9. The van der Waals surface area contributed by atoms with E-state index in [0.717, 1.165) is 17.4 Å². The van der Waals surface area contributed by atoms with Crippen LogP contribution in [0, 0.1) is 11.8 Å². The Morgan fingerprint density at radius 1 is 1.20 bits per heavy atom. The minimum atomic E-state index is -1.23. The van der Waals surface area contributed by atoms with Crippen LogP contribution in [0.3, 0.4) is 0 Å². The lowest BCUT2D eigenvalue weighted by molar-refractivity contribution is 0.702. The third-order valence-electron chi connectivity index (χ3n) is 4.47. The molecule has 0 amide bonds. The summed E-state index contributed by atoms with van der Waals surface area (Å²) in [7, 11) is -1.23. The van der Waals surface area contributed by atoms with Crippen molar-refractivity contribution in [2.75, 3.05) is 0 Å². The first-order valence-electron chi connectivity index (χ1n) is 6.09. The van der Waals surface area contributed by atoms with E-state index in [-0.39, 0.29) is 0 Å². The van der Waals surface area contributed by atoms with Crippen molar-refractivity contribution in [3.8, 4) is 0 Å². The van der Waals surface area contributed by atoms with Crippen LogP contribution in [0.15, 0.2) is 30.3 Å². The Balaban J connectivity index is 2.19. The lowest BCUT2D eigenvalue weighted by Crippen LogP contribution is -2.45. The predicted octanol–water partition coefficient (Wildman–Crippen LogP) is 3.65. The largest absolute Gasteiger partial charge is 0.0836 e. The van der Waals surface area contributed by atoms with Gasteiger partial charge >= 0.3 is 0 Å². The summed E-state index contributed by atoms with van der Waals surface area (Å²) in [5.74, 6) is 1.99. The van der Waals surface area contributed by atoms with Crippen molar-refractivity contribution in [3.63, 3.8) is 0 Å². The van der Waals surface area contributed by atoms with Crippen molar-refractivity contribution in [2.24, 2.45) is 11.8 Å². The van der Waals surface area contributed by atoms with E-state index in [1.807, 2.05) is 0 Å². The second-order valence-corrected chi connectivity index (χ2v) is 10.7. The van der Waals surface area contributed by atoms with Crippen LogP contribution < -0.4 is 5.19 Å². The van der Waals surface area contributed by atoms with Gasteiger partial charge in [0.25, 0.3) is 0 Å². The van der Waals surface area contributed by atoms with E-state index in [1.165, 1.54) is 6.42 Å². The van der Waals surface area contributed by atoms with Crippen molar-refractivity contribution in [1.82, 2.24) is 0 Å². The van der Waals surface area contributed by atoms with Gasteiger partial charge in [-0.15, -0.1) is 0 Å². The first-order chi connectivity index (χ1) is 7.03. The Kier molecular flexibility index (Phi) is 2.76. The fraction of sp³-hybridized carbons (Fsp3) is 0.571. The highest BCUT2D eigenvalue weighted by atomic mass is 28.3. The monoisotopic (exact) mass is 218 g/mol. The molecule has 0 spiro atoms. The maximum atomic E-state index is 2.53. The van der Waals surface area contributed by atoms with Gasteiger partial charge in [0.2, 0.25) is 0 Å². The van der Waals surface area contributed by atoms with Crippen LogP contribution in [-0.4, -0.2) is 8.07 Å². The summed E-state index contributed by atoms with van der Waals surface area (Å²) in [6.07, 6.45) is 1.46. The first-order valence-corrected chi connectivity index (χ1v) is 9.16. The molecule has 1 fully saturated rings. The van der Waals surface area contributed by atoms with Crippen LogP contribution in [0.4, 0.5) is 0 Å². The molecule has 0 heterocycles. The van der Waals surface area contributed by atoms with Crippen molar-refractivity contribution < 1.29 is 0 Å². The summed E-state index contributed by atoms with van der Waals surface area (Å²) >= 11 is 0. The molecule has 0 N–H and O–H groups in total. The van der Waals surface area contributed by atoms with Gasteiger partial charge in [-0.05, 0) is 23.8 Å². The van der Waals surface area contributed by atoms with E-state index < -0.39 is 8.07 Å². The summed E-state index contributed by atoms with van der Waals surface area (Å²) in [5, 5.41) is 1.62. The van der Waals surface area contributed by atoms with E-state index in [0.29, 0.717) is 0 Å². The highest BCUT2D eigenvalue weighted by Crippen LogP contribution is 2.50. The van der Waals surface area contributed by atoms with Crippen molar-refractivity contribution in [3.05, 3.63) is 30.3 Å². The van der Waals surface area contributed by atoms with Crippen LogP contribution in [-0.2, 0) is 0 Å². The predicted molar refractivity (Wildman–Crippen MR) is 70.3 cm³/mol. The van der Waals surface area contributed by atoms with Gasteiger partial charge in [-0.3, -0.25) is 0 Å². The molecule has 2 rings (SSSR count). The SMILES string of the molecule is C[C@@H]1C[C@@H]1[C@H](C)[Si](C)(C)c1ccccc1. The van der Waals surface area contributed by atoms with Gasteiger partial charge in [-0.2, -0.15) is 0 Å². The molecule has 1 saturated carbocycles. The number of rotatable bonds is 3. The van der Waals surface area contributed by atoms with Crippen molar-refractivity contribution in [1.29, 1.82) is 0 Å². The molecule has 1 aromatic rings. The minimum absolute atomic E-state index is 0.926. The molecule has 0 saturated heterocycles. The molecule has 82 valence electrons. The van der Waals surface area contributed by atoms with Gasteiger partial charge in [-0.1, -0.05) is 62.5 Å². The Morgan fingerprint density at radius 2 is 1.73 bits per heavy atom. The zero-order chi connectivity index (χ0) is 11.1. The third-order valence-corrected chi connectivity index (χ3v) is 9.00. The average molecular weight is 218 g/mol. The quantitative estimate of drug-likeness (QED) is 0.679. The summed E-state index contributed by atoms with van der Waals surface area (Å²) in [5.41, 5.74) is 0.926. The molecule has 0 radical (unpaired) electrons. The average Bonchev–Trinajstić information content (AvgIpc) is 2.95. The van der Waals surface area contributed by atoms with Gasteiger partial charge in [0, 0.05) is 0 Å². The van der Waals surface area contributed by atoms with E-state index in [1.54, 1.807) is 5.19 Å². The summed E-state index contributed by atoms with van der Waals surface area (Å²) in [6, 6.07) is 11.2. The highest BCUT2D eigenvalue weighted by Gasteiger charge is 2.45. The topological polar surface area (TPSA) is 0 Å². The van der Waals surface area contributed by atoms with Crippen LogP contribution in [0.25, 0.3) is 0 Å². The number of hydrogen-bond donors (Lipinski definition) is 0. The molecule has 0 aromatic heterocycles. The van der Waals surface area contributed by atoms with Gasteiger partial charge in [0.1, 0.15) is 0 Å². The fourth-order valence-corrected chi connectivity index (χ4v) is 5.83. The zero-order valence-electron chi connectivity index (χ0n) is 10.3. The zero-order valence-corrected chi connectivity index (χ0v) is 11.3.